The molecule has 6 heteroatoms. The lowest BCUT2D eigenvalue weighted by atomic mass is 10.00. The van der Waals surface area contributed by atoms with Crippen LogP contribution in [-0.2, 0) is 7.05 Å². The Kier molecular flexibility index (Phi) is 3.54. The van der Waals surface area contributed by atoms with Gasteiger partial charge in [0.25, 0.3) is 0 Å². The largest absolute Gasteiger partial charge is 0.362 e. The van der Waals surface area contributed by atoms with Gasteiger partial charge < -0.3 is 5.32 Å². The predicted octanol–water partition coefficient (Wildman–Crippen LogP) is 2.63. The third-order valence-electron chi connectivity index (χ3n) is 3.84. The molecule has 1 heterocycles. The molecule has 1 aromatic heterocycles. The van der Waals surface area contributed by atoms with E-state index >= 15 is 0 Å². The first-order valence-corrected chi connectivity index (χ1v) is 6.45. The van der Waals surface area contributed by atoms with Crippen LogP contribution >= 0.6 is 0 Å². The minimum Gasteiger partial charge on any atom is -0.362 e. The molecular weight excluding hydrogens is 232 g/mol. The molecule has 0 aliphatic heterocycles. The van der Waals surface area contributed by atoms with Gasteiger partial charge in [0.05, 0.1) is 4.92 Å². The van der Waals surface area contributed by atoms with Gasteiger partial charge >= 0.3 is 5.69 Å². The summed E-state index contributed by atoms with van der Waals surface area (Å²) in [5.74, 6) is 1.14. The van der Waals surface area contributed by atoms with Gasteiger partial charge in [-0.1, -0.05) is 12.8 Å². The summed E-state index contributed by atoms with van der Waals surface area (Å²) in [6, 6.07) is 0.251. The van der Waals surface area contributed by atoms with Crippen LogP contribution in [0.4, 0.5) is 11.5 Å². The van der Waals surface area contributed by atoms with Gasteiger partial charge in [0.2, 0.25) is 5.82 Å². The van der Waals surface area contributed by atoms with E-state index in [0.29, 0.717) is 17.4 Å². The minimum atomic E-state index is -0.355. The third kappa shape index (κ3) is 2.32. The molecule has 1 saturated carbocycles. The van der Waals surface area contributed by atoms with E-state index in [1.54, 1.807) is 18.7 Å². The zero-order chi connectivity index (χ0) is 13.3. The molecular formula is C12H20N4O2. The molecule has 1 N–H and O–H groups in total. The van der Waals surface area contributed by atoms with Crippen molar-refractivity contribution in [3.63, 3.8) is 0 Å². The Labute approximate surface area is 107 Å². The smallest absolute Gasteiger partial charge is 0.333 e. The second-order valence-corrected chi connectivity index (χ2v) is 5.14. The Bertz CT molecular complexity index is 449. The Balaban J connectivity index is 2.20. The maximum absolute atomic E-state index is 11.1. The predicted molar refractivity (Wildman–Crippen MR) is 69.6 cm³/mol. The average Bonchev–Trinajstić information content (AvgIpc) is 2.87. The van der Waals surface area contributed by atoms with Crippen molar-refractivity contribution in [2.24, 2.45) is 13.0 Å². The van der Waals surface area contributed by atoms with E-state index in [-0.39, 0.29) is 16.7 Å². The molecule has 2 rings (SSSR count). The number of hydrogen-bond acceptors (Lipinski definition) is 4. The Morgan fingerprint density at radius 1 is 1.50 bits per heavy atom. The molecule has 0 saturated heterocycles. The topological polar surface area (TPSA) is 73.0 Å². The van der Waals surface area contributed by atoms with Gasteiger partial charge in [-0.3, -0.25) is 10.1 Å². The van der Waals surface area contributed by atoms with Gasteiger partial charge in [-0.25, -0.2) is 4.68 Å². The zero-order valence-electron chi connectivity index (χ0n) is 11.1. The highest BCUT2D eigenvalue weighted by Gasteiger charge is 2.28. The van der Waals surface area contributed by atoms with E-state index in [9.17, 15) is 10.1 Å². The zero-order valence-corrected chi connectivity index (χ0v) is 11.1. The Morgan fingerprint density at radius 3 is 2.67 bits per heavy atom. The van der Waals surface area contributed by atoms with E-state index in [0.717, 1.165) is 0 Å². The van der Waals surface area contributed by atoms with Crippen LogP contribution < -0.4 is 5.32 Å². The van der Waals surface area contributed by atoms with Crippen LogP contribution in [0.15, 0.2) is 0 Å². The van der Waals surface area contributed by atoms with E-state index in [1.165, 1.54) is 25.7 Å². The number of hydrogen-bond donors (Lipinski definition) is 1. The van der Waals surface area contributed by atoms with Crippen molar-refractivity contribution >= 4 is 11.5 Å². The number of nitrogens with one attached hydrogen (secondary N) is 1. The highest BCUT2D eigenvalue weighted by Crippen LogP contribution is 2.32. The first kappa shape index (κ1) is 12.9. The summed E-state index contributed by atoms with van der Waals surface area (Å²) in [5, 5.41) is 18.5. The second-order valence-electron chi connectivity index (χ2n) is 5.14. The molecule has 0 radical (unpaired) electrons. The third-order valence-corrected chi connectivity index (χ3v) is 3.84. The van der Waals surface area contributed by atoms with Crippen molar-refractivity contribution in [2.75, 3.05) is 5.32 Å². The molecule has 1 fully saturated rings. The van der Waals surface area contributed by atoms with Gasteiger partial charge in [0.1, 0.15) is 5.69 Å². The lowest BCUT2D eigenvalue weighted by Crippen LogP contribution is -2.25. The molecule has 0 amide bonds. The Morgan fingerprint density at radius 2 is 2.11 bits per heavy atom. The number of aromatic nitrogens is 2. The van der Waals surface area contributed by atoms with Crippen LogP contribution in [0.2, 0.25) is 0 Å². The average molecular weight is 252 g/mol. The van der Waals surface area contributed by atoms with Crippen molar-refractivity contribution in [2.45, 2.75) is 45.6 Å². The quantitative estimate of drug-likeness (QED) is 0.660. The van der Waals surface area contributed by atoms with Crippen molar-refractivity contribution in [1.82, 2.24) is 9.78 Å². The molecule has 100 valence electrons. The fourth-order valence-electron chi connectivity index (χ4n) is 2.82. The second kappa shape index (κ2) is 4.96. The summed E-state index contributed by atoms with van der Waals surface area (Å²) < 4.78 is 1.57. The maximum Gasteiger partial charge on any atom is 0.333 e. The van der Waals surface area contributed by atoms with E-state index < -0.39 is 0 Å². The highest BCUT2D eigenvalue weighted by molar-refractivity contribution is 5.59. The molecule has 0 aromatic carbocycles. The molecule has 0 bridgehead atoms. The molecule has 1 atom stereocenters. The van der Waals surface area contributed by atoms with Crippen LogP contribution in [0.5, 0.6) is 0 Å². The molecule has 1 unspecified atom stereocenters. The van der Waals surface area contributed by atoms with Crippen LogP contribution in [0.1, 0.15) is 38.3 Å². The summed E-state index contributed by atoms with van der Waals surface area (Å²) in [6.45, 7) is 3.77. The summed E-state index contributed by atoms with van der Waals surface area (Å²) in [6.07, 6.45) is 4.95. The standard InChI is InChI=1S/C12H20N4O2/c1-8(10-6-4-5-7-10)13-12-11(16(17)18)9(2)14-15(12)3/h8,10,13H,4-7H2,1-3H3. The molecule has 0 spiro atoms. The lowest BCUT2D eigenvalue weighted by molar-refractivity contribution is -0.384. The van der Waals surface area contributed by atoms with Crippen LogP contribution in [-0.4, -0.2) is 20.7 Å². The van der Waals surface area contributed by atoms with E-state index in [4.69, 9.17) is 0 Å². The lowest BCUT2D eigenvalue weighted by Gasteiger charge is -2.20. The molecule has 1 aromatic rings. The highest BCUT2D eigenvalue weighted by atomic mass is 16.6. The van der Waals surface area contributed by atoms with Crippen molar-refractivity contribution in [1.29, 1.82) is 0 Å². The van der Waals surface area contributed by atoms with E-state index in [1.807, 2.05) is 0 Å². The van der Waals surface area contributed by atoms with E-state index in [2.05, 4.69) is 17.3 Å². The van der Waals surface area contributed by atoms with Crippen molar-refractivity contribution in [3.8, 4) is 0 Å². The first-order valence-electron chi connectivity index (χ1n) is 6.45. The normalized spacial score (nSPS) is 17.9. The summed E-state index contributed by atoms with van der Waals surface area (Å²) in [5.41, 5.74) is 0.561. The number of anilines is 1. The van der Waals surface area contributed by atoms with Gasteiger partial charge in [0, 0.05) is 13.1 Å². The van der Waals surface area contributed by atoms with Crippen LogP contribution in [0.25, 0.3) is 0 Å². The number of nitro groups is 1. The first-order chi connectivity index (χ1) is 8.50. The minimum absolute atomic E-state index is 0.0994. The monoisotopic (exact) mass is 252 g/mol. The maximum atomic E-state index is 11.1. The molecule has 1 aliphatic rings. The Hall–Kier alpha value is -1.59. The van der Waals surface area contributed by atoms with Gasteiger partial charge in [-0.05, 0) is 32.6 Å². The number of nitrogens with zero attached hydrogens (tertiary/aromatic N) is 3. The van der Waals surface area contributed by atoms with Crippen molar-refractivity contribution in [3.05, 3.63) is 15.8 Å². The number of aryl methyl sites for hydroxylation is 2. The van der Waals surface area contributed by atoms with Crippen molar-refractivity contribution < 1.29 is 4.92 Å². The van der Waals surface area contributed by atoms with Crippen LogP contribution in [0, 0.1) is 23.0 Å². The SMILES string of the molecule is Cc1nn(C)c(NC(C)C2CCCC2)c1[N+](=O)[O-]. The van der Waals surface area contributed by atoms with Gasteiger partial charge in [0.15, 0.2) is 0 Å². The molecule has 18 heavy (non-hydrogen) atoms. The fraction of sp³-hybridized carbons (Fsp3) is 0.750. The van der Waals surface area contributed by atoms with Gasteiger partial charge in [-0.2, -0.15) is 5.10 Å². The summed E-state index contributed by atoms with van der Waals surface area (Å²) >= 11 is 0. The van der Waals surface area contributed by atoms with Gasteiger partial charge in [-0.15, -0.1) is 0 Å². The molecule has 6 nitrogen and oxygen atoms in total. The van der Waals surface area contributed by atoms with Crippen LogP contribution in [0.3, 0.4) is 0 Å². The summed E-state index contributed by atoms with van der Waals surface area (Å²) in [7, 11) is 1.74. The summed E-state index contributed by atoms with van der Waals surface area (Å²) in [4.78, 5) is 10.7. The molecule has 1 aliphatic carbocycles. The number of rotatable bonds is 4. The fourth-order valence-corrected chi connectivity index (χ4v) is 2.82.